The summed E-state index contributed by atoms with van der Waals surface area (Å²) in [5.74, 6) is -0.165. The Kier molecular flexibility index (Phi) is 6.74. The van der Waals surface area contributed by atoms with E-state index in [2.05, 4.69) is 27.4 Å². The second kappa shape index (κ2) is 9.51. The molecule has 2 fully saturated rings. The van der Waals surface area contributed by atoms with E-state index in [-0.39, 0.29) is 23.5 Å². The highest BCUT2D eigenvalue weighted by molar-refractivity contribution is 5.92. The Labute approximate surface area is 184 Å². The molecule has 4 rings (SSSR count). The van der Waals surface area contributed by atoms with Crippen molar-refractivity contribution in [3.8, 4) is 0 Å². The van der Waals surface area contributed by atoms with E-state index in [4.69, 9.17) is 0 Å². The summed E-state index contributed by atoms with van der Waals surface area (Å²) in [6, 6.07) is 12.2. The van der Waals surface area contributed by atoms with Crippen molar-refractivity contribution in [1.82, 2.24) is 20.0 Å². The Balaban J connectivity index is 1.52. The Bertz CT molecular complexity index is 863. The van der Waals surface area contributed by atoms with Crippen LogP contribution in [-0.4, -0.2) is 68.7 Å². The third-order valence-corrected chi connectivity index (χ3v) is 7.17. The van der Waals surface area contributed by atoms with E-state index in [0.29, 0.717) is 18.7 Å². The van der Waals surface area contributed by atoms with E-state index in [1.165, 1.54) is 5.56 Å². The molecule has 1 aliphatic carbocycles. The number of benzene rings is 1. The lowest BCUT2D eigenvalue weighted by atomic mass is 9.74. The zero-order chi connectivity index (χ0) is 21.8. The highest BCUT2D eigenvalue weighted by atomic mass is 16.3. The summed E-state index contributed by atoms with van der Waals surface area (Å²) in [5.41, 5.74) is 1.40. The number of amides is 1. The fourth-order valence-corrected chi connectivity index (χ4v) is 5.24. The first kappa shape index (κ1) is 22.0. The van der Waals surface area contributed by atoms with Crippen LogP contribution in [0.5, 0.6) is 0 Å². The first-order valence-corrected chi connectivity index (χ1v) is 11.4. The number of piperidine rings is 1. The van der Waals surface area contributed by atoms with Gasteiger partial charge >= 0.3 is 0 Å². The molecule has 7 heteroatoms. The normalized spacial score (nSPS) is 28.2. The maximum absolute atomic E-state index is 12.7. The molecule has 1 amide bonds. The molecule has 0 radical (unpaired) electrons. The van der Waals surface area contributed by atoms with Crippen molar-refractivity contribution in [1.29, 1.82) is 0 Å². The highest BCUT2D eigenvalue weighted by Crippen LogP contribution is 2.39. The number of hydrogen-bond donors (Lipinski definition) is 3. The summed E-state index contributed by atoms with van der Waals surface area (Å²) in [6.07, 6.45) is 5.96. The van der Waals surface area contributed by atoms with Gasteiger partial charge in [0.1, 0.15) is 5.69 Å². The number of nitrogens with one attached hydrogen (secondary N) is 1. The van der Waals surface area contributed by atoms with Gasteiger partial charge in [-0.15, -0.1) is 0 Å². The van der Waals surface area contributed by atoms with Crippen LogP contribution in [0.25, 0.3) is 0 Å². The van der Waals surface area contributed by atoms with Gasteiger partial charge in [0.25, 0.3) is 5.91 Å². The fraction of sp³-hybridized carbons (Fsp3) is 0.583. The summed E-state index contributed by atoms with van der Waals surface area (Å²) in [5, 5.41) is 28.2. The molecule has 7 nitrogen and oxygen atoms in total. The summed E-state index contributed by atoms with van der Waals surface area (Å²) in [6.45, 7) is 2.18. The Morgan fingerprint density at radius 3 is 2.48 bits per heavy atom. The first-order valence-electron chi connectivity index (χ1n) is 11.4. The molecule has 0 unspecified atom stereocenters. The van der Waals surface area contributed by atoms with Crippen molar-refractivity contribution in [2.75, 3.05) is 19.6 Å². The number of aryl methyl sites for hydroxylation is 1. The third-order valence-electron chi connectivity index (χ3n) is 7.17. The van der Waals surface area contributed by atoms with Gasteiger partial charge in [0.15, 0.2) is 0 Å². The lowest BCUT2D eigenvalue weighted by Gasteiger charge is -2.38. The number of rotatable bonds is 5. The molecule has 1 saturated heterocycles. The minimum atomic E-state index is -0.396. The molecule has 3 N–H and O–H groups in total. The summed E-state index contributed by atoms with van der Waals surface area (Å²) >= 11 is 0. The minimum absolute atomic E-state index is 0.101. The van der Waals surface area contributed by atoms with Gasteiger partial charge in [0.05, 0.1) is 12.2 Å². The van der Waals surface area contributed by atoms with Gasteiger partial charge in [-0.05, 0) is 50.2 Å². The van der Waals surface area contributed by atoms with Gasteiger partial charge in [-0.1, -0.05) is 30.3 Å². The van der Waals surface area contributed by atoms with Crippen LogP contribution in [0.2, 0.25) is 0 Å². The van der Waals surface area contributed by atoms with Crippen molar-refractivity contribution in [2.45, 2.75) is 62.2 Å². The van der Waals surface area contributed by atoms with Gasteiger partial charge < -0.3 is 15.5 Å². The highest BCUT2D eigenvalue weighted by Gasteiger charge is 2.40. The molecule has 2 heterocycles. The van der Waals surface area contributed by atoms with Crippen molar-refractivity contribution in [3.05, 3.63) is 53.9 Å². The predicted octanol–water partition coefficient (Wildman–Crippen LogP) is 1.85. The lowest BCUT2D eigenvalue weighted by Crippen LogP contribution is -2.48. The van der Waals surface area contributed by atoms with Gasteiger partial charge in [-0.2, -0.15) is 5.10 Å². The topological polar surface area (TPSA) is 90.6 Å². The number of carbonyl (C=O) groups excluding carboxylic acids is 1. The van der Waals surface area contributed by atoms with Crippen LogP contribution in [-0.2, 0) is 12.5 Å². The summed E-state index contributed by atoms with van der Waals surface area (Å²) in [4.78, 5) is 15.1. The van der Waals surface area contributed by atoms with Crippen molar-refractivity contribution in [3.63, 3.8) is 0 Å². The minimum Gasteiger partial charge on any atom is -0.393 e. The van der Waals surface area contributed by atoms with E-state index in [9.17, 15) is 15.0 Å². The number of aliphatic hydroxyl groups is 2. The first-order chi connectivity index (χ1) is 15.0. The van der Waals surface area contributed by atoms with Crippen LogP contribution in [0.3, 0.4) is 0 Å². The Hall–Kier alpha value is -2.22. The number of aromatic nitrogens is 2. The molecular formula is C24H34N4O3. The van der Waals surface area contributed by atoms with Gasteiger partial charge in [-0.3, -0.25) is 14.4 Å². The van der Waals surface area contributed by atoms with Crippen molar-refractivity contribution < 1.29 is 15.0 Å². The molecule has 1 aliphatic heterocycles. The molecule has 168 valence electrons. The van der Waals surface area contributed by atoms with Crippen molar-refractivity contribution in [2.24, 2.45) is 7.05 Å². The van der Waals surface area contributed by atoms with Crippen LogP contribution in [0.4, 0.5) is 0 Å². The second-order valence-electron chi connectivity index (χ2n) is 9.18. The van der Waals surface area contributed by atoms with Crippen LogP contribution in [0.1, 0.15) is 54.6 Å². The quantitative estimate of drug-likeness (QED) is 0.635. The van der Waals surface area contributed by atoms with Gasteiger partial charge in [0, 0.05) is 44.3 Å². The molecule has 2 aliphatic rings. The molecule has 1 aromatic heterocycles. The van der Waals surface area contributed by atoms with E-state index in [0.717, 1.165) is 45.2 Å². The summed E-state index contributed by atoms with van der Waals surface area (Å²) in [7, 11) is 1.80. The molecule has 1 saturated carbocycles. The largest absolute Gasteiger partial charge is 0.393 e. The van der Waals surface area contributed by atoms with Gasteiger partial charge in [-0.25, -0.2) is 0 Å². The number of hydrogen-bond acceptors (Lipinski definition) is 5. The van der Waals surface area contributed by atoms with E-state index in [1.807, 2.05) is 18.2 Å². The standard InChI is InChI=1S/C24H34N4O3/c1-27-14-11-20(26-27)23(31)25-17-24(18-5-3-2-4-6-18)12-7-21(22(30)8-13-24)28-15-9-19(29)10-16-28/h2-6,11,14,19,21-22,29-30H,7-10,12-13,15-17H2,1H3,(H,25,31)/t21-,22-,24-/m0/s1. The maximum Gasteiger partial charge on any atom is 0.271 e. The molecule has 1 aromatic carbocycles. The fourth-order valence-electron chi connectivity index (χ4n) is 5.24. The smallest absolute Gasteiger partial charge is 0.271 e. The third kappa shape index (κ3) is 5.00. The molecule has 0 spiro atoms. The number of carbonyl (C=O) groups is 1. The SMILES string of the molecule is Cn1ccc(C(=O)NC[C@@]2(c3ccccc3)CC[C@H](O)[C@@H](N3CCC(O)CC3)CC2)n1. The maximum atomic E-state index is 12.7. The van der Waals surface area contributed by atoms with Gasteiger partial charge in [0.2, 0.25) is 0 Å². The zero-order valence-electron chi connectivity index (χ0n) is 18.3. The monoisotopic (exact) mass is 426 g/mol. The molecule has 2 aromatic rings. The lowest BCUT2D eigenvalue weighted by molar-refractivity contribution is 0.00482. The molecule has 31 heavy (non-hydrogen) atoms. The van der Waals surface area contributed by atoms with Crippen LogP contribution in [0.15, 0.2) is 42.6 Å². The molecule has 3 atom stereocenters. The Morgan fingerprint density at radius 2 is 1.81 bits per heavy atom. The van der Waals surface area contributed by atoms with E-state index < -0.39 is 6.10 Å². The summed E-state index contributed by atoms with van der Waals surface area (Å²) < 4.78 is 1.63. The average molecular weight is 427 g/mol. The molecule has 0 bridgehead atoms. The van der Waals surface area contributed by atoms with Crippen LogP contribution < -0.4 is 5.32 Å². The van der Waals surface area contributed by atoms with Crippen LogP contribution in [0, 0.1) is 0 Å². The second-order valence-corrected chi connectivity index (χ2v) is 9.18. The number of likely N-dealkylation sites (tertiary alicyclic amines) is 1. The number of nitrogens with zero attached hydrogens (tertiary/aromatic N) is 3. The Morgan fingerprint density at radius 1 is 1.10 bits per heavy atom. The predicted molar refractivity (Wildman–Crippen MR) is 119 cm³/mol. The van der Waals surface area contributed by atoms with Crippen molar-refractivity contribution >= 4 is 5.91 Å². The zero-order valence-corrected chi connectivity index (χ0v) is 18.3. The number of aliphatic hydroxyl groups excluding tert-OH is 2. The van der Waals surface area contributed by atoms with E-state index >= 15 is 0 Å². The van der Waals surface area contributed by atoms with Crippen LogP contribution >= 0.6 is 0 Å². The van der Waals surface area contributed by atoms with E-state index in [1.54, 1.807) is 24.0 Å². The molecular weight excluding hydrogens is 392 g/mol. The average Bonchev–Trinajstić information content (AvgIpc) is 3.15.